The molecule has 1 rings (SSSR count). The standard InChI is InChI=1S/C9H19BO3/c1-7(2)11-10-12-8(3)6-9(4,5)13-10/h7-8H,6H2,1-5H3. The first-order valence-corrected chi connectivity index (χ1v) is 4.88. The lowest BCUT2D eigenvalue weighted by molar-refractivity contribution is -0.0755. The summed E-state index contributed by atoms with van der Waals surface area (Å²) >= 11 is 0. The quantitative estimate of drug-likeness (QED) is 0.617. The number of hydrogen-bond donors (Lipinski definition) is 0. The van der Waals surface area contributed by atoms with Gasteiger partial charge in [0, 0.05) is 12.2 Å². The van der Waals surface area contributed by atoms with Crippen LogP contribution in [0.1, 0.15) is 41.0 Å². The molecule has 3 nitrogen and oxygen atoms in total. The second kappa shape index (κ2) is 3.99. The molecule has 1 saturated heterocycles. The Kier molecular flexibility index (Phi) is 3.38. The van der Waals surface area contributed by atoms with Crippen LogP contribution in [-0.4, -0.2) is 25.1 Å². The Morgan fingerprint density at radius 1 is 1.46 bits per heavy atom. The molecule has 0 saturated carbocycles. The van der Waals surface area contributed by atoms with Gasteiger partial charge >= 0.3 is 7.32 Å². The predicted molar refractivity (Wildman–Crippen MR) is 52.3 cm³/mol. The lowest BCUT2D eigenvalue weighted by atomic mass is 9.95. The van der Waals surface area contributed by atoms with Gasteiger partial charge in [-0.05, 0) is 41.0 Å². The van der Waals surface area contributed by atoms with Crippen molar-refractivity contribution in [3.63, 3.8) is 0 Å². The Balaban J connectivity index is 2.48. The zero-order valence-corrected chi connectivity index (χ0v) is 9.16. The fraction of sp³-hybridized carbons (Fsp3) is 1.00. The fourth-order valence-corrected chi connectivity index (χ4v) is 1.55. The molecule has 0 aliphatic carbocycles. The molecule has 0 N–H and O–H groups in total. The van der Waals surface area contributed by atoms with Crippen molar-refractivity contribution in [3.8, 4) is 0 Å². The topological polar surface area (TPSA) is 27.7 Å². The van der Waals surface area contributed by atoms with Crippen molar-refractivity contribution < 1.29 is 14.0 Å². The third kappa shape index (κ3) is 3.67. The van der Waals surface area contributed by atoms with Gasteiger partial charge in [0.1, 0.15) is 0 Å². The van der Waals surface area contributed by atoms with E-state index in [0.29, 0.717) is 0 Å². The van der Waals surface area contributed by atoms with Crippen LogP contribution in [0, 0.1) is 0 Å². The first kappa shape index (κ1) is 11.0. The van der Waals surface area contributed by atoms with Crippen LogP contribution < -0.4 is 0 Å². The molecule has 1 heterocycles. The van der Waals surface area contributed by atoms with Crippen molar-refractivity contribution >= 4 is 7.32 Å². The van der Waals surface area contributed by atoms with E-state index in [1.165, 1.54) is 0 Å². The van der Waals surface area contributed by atoms with Gasteiger partial charge in [0.15, 0.2) is 0 Å². The maximum Gasteiger partial charge on any atom is 0.640 e. The molecule has 0 spiro atoms. The molecule has 1 fully saturated rings. The third-order valence-corrected chi connectivity index (χ3v) is 1.92. The molecule has 1 atom stereocenters. The minimum Gasteiger partial charge on any atom is -0.384 e. The highest BCUT2D eigenvalue weighted by Gasteiger charge is 2.39. The van der Waals surface area contributed by atoms with Crippen LogP contribution in [0.2, 0.25) is 0 Å². The molecule has 0 aromatic heterocycles. The molecule has 0 radical (unpaired) electrons. The van der Waals surface area contributed by atoms with Gasteiger partial charge in [-0.25, -0.2) is 0 Å². The molecule has 76 valence electrons. The molecular formula is C9H19BO3. The SMILES string of the molecule is CC(C)OB1OC(C)CC(C)(C)O1. The highest BCUT2D eigenvalue weighted by molar-refractivity contribution is 6.36. The second-order valence-electron chi connectivity index (χ2n) is 4.50. The largest absolute Gasteiger partial charge is 0.640 e. The number of rotatable bonds is 2. The summed E-state index contributed by atoms with van der Waals surface area (Å²) in [5.41, 5.74) is -0.142. The summed E-state index contributed by atoms with van der Waals surface area (Å²) in [6.45, 7) is 10.1. The minimum absolute atomic E-state index is 0.131. The highest BCUT2D eigenvalue weighted by Crippen LogP contribution is 2.26. The summed E-state index contributed by atoms with van der Waals surface area (Å²) in [6.07, 6.45) is 1.24. The van der Waals surface area contributed by atoms with Crippen molar-refractivity contribution in [1.29, 1.82) is 0 Å². The van der Waals surface area contributed by atoms with E-state index >= 15 is 0 Å². The Morgan fingerprint density at radius 2 is 2.08 bits per heavy atom. The van der Waals surface area contributed by atoms with E-state index in [0.717, 1.165) is 6.42 Å². The van der Waals surface area contributed by atoms with Gasteiger partial charge in [0.25, 0.3) is 0 Å². The smallest absolute Gasteiger partial charge is 0.384 e. The molecule has 0 aromatic carbocycles. The zero-order chi connectivity index (χ0) is 10.1. The minimum atomic E-state index is -0.501. The van der Waals surface area contributed by atoms with Gasteiger partial charge in [-0.3, -0.25) is 0 Å². The molecule has 13 heavy (non-hydrogen) atoms. The first-order valence-electron chi connectivity index (χ1n) is 4.88. The van der Waals surface area contributed by atoms with Crippen LogP contribution in [0.3, 0.4) is 0 Å². The van der Waals surface area contributed by atoms with Crippen molar-refractivity contribution in [2.75, 3.05) is 0 Å². The molecule has 0 amide bonds. The van der Waals surface area contributed by atoms with Crippen LogP contribution in [0.25, 0.3) is 0 Å². The molecule has 1 aliphatic heterocycles. The van der Waals surface area contributed by atoms with Gasteiger partial charge in [-0.1, -0.05) is 0 Å². The zero-order valence-electron chi connectivity index (χ0n) is 9.16. The van der Waals surface area contributed by atoms with Gasteiger partial charge in [0.05, 0.1) is 5.60 Å². The average molecular weight is 186 g/mol. The van der Waals surface area contributed by atoms with E-state index in [-0.39, 0.29) is 17.8 Å². The Labute approximate surface area is 80.9 Å². The van der Waals surface area contributed by atoms with Crippen LogP contribution in [0.5, 0.6) is 0 Å². The third-order valence-electron chi connectivity index (χ3n) is 1.92. The van der Waals surface area contributed by atoms with Gasteiger partial charge in [0.2, 0.25) is 0 Å². The van der Waals surface area contributed by atoms with Crippen LogP contribution >= 0.6 is 0 Å². The van der Waals surface area contributed by atoms with Crippen molar-refractivity contribution in [2.45, 2.75) is 58.8 Å². The maximum atomic E-state index is 5.61. The van der Waals surface area contributed by atoms with Crippen molar-refractivity contribution in [2.24, 2.45) is 0 Å². The average Bonchev–Trinajstić information content (AvgIpc) is 1.78. The van der Waals surface area contributed by atoms with E-state index in [9.17, 15) is 0 Å². The van der Waals surface area contributed by atoms with E-state index in [1.54, 1.807) is 0 Å². The van der Waals surface area contributed by atoms with Gasteiger partial charge in [-0.15, -0.1) is 0 Å². The molecule has 0 bridgehead atoms. The second-order valence-corrected chi connectivity index (χ2v) is 4.50. The van der Waals surface area contributed by atoms with E-state index in [1.807, 2.05) is 20.8 Å². The highest BCUT2D eigenvalue weighted by atomic mass is 16.8. The Hall–Kier alpha value is -0.0551. The monoisotopic (exact) mass is 186 g/mol. The lowest BCUT2D eigenvalue weighted by Crippen LogP contribution is -2.48. The van der Waals surface area contributed by atoms with E-state index in [2.05, 4.69) is 13.8 Å². The molecule has 4 heteroatoms. The van der Waals surface area contributed by atoms with Gasteiger partial charge < -0.3 is 14.0 Å². The van der Waals surface area contributed by atoms with Gasteiger partial charge in [-0.2, -0.15) is 0 Å². The normalized spacial score (nSPS) is 28.2. The summed E-state index contributed by atoms with van der Waals surface area (Å²) in [4.78, 5) is 0. The summed E-state index contributed by atoms with van der Waals surface area (Å²) in [7, 11) is -0.501. The first-order chi connectivity index (χ1) is 5.89. The molecule has 0 aromatic rings. The summed E-state index contributed by atoms with van der Waals surface area (Å²) in [5, 5.41) is 0. The van der Waals surface area contributed by atoms with Crippen molar-refractivity contribution in [3.05, 3.63) is 0 Å². The summed E-state index contributed by atoms with van der Waals surface area (Å²) < 4.78 is 16.6. The van der Waals surface area contributed by atoms with Crippen molar-refractivity contribution in [1.82, 2.24) is 0 Å². The summed E-state index contributed by atoms with van der Waals surface area (Å²) in [5.74, 6) is 0. The Bertz CT molecular complexity index is 168. The molecular weight excluding hydrogens is 167 g/mol. The fourth-order valence-electron chi connectivity index (χ4n) is 1.55. The Morgan fingerprint density at radius 3 is 2.54 bits per heavy atom. The maximum absolute atomic E-state index is 5.61. The number of hydrogen-bond acceptors (Lipinski definition) is 3. The summed E-state index contributed by atoms with van der Waals surface area (Å²) in [6, 6.07) is 0. The predicted octanol–water partition coefficient (Wildman–Crippen LogP) is 2.00. The van der Waals surface area contributed by atoms with Crippen LogP contribution in [0.4, 0.5) is 0 Å². The van der Waals surface area contributed by atoms with Crippen LogP contribution in [0.15, 0.2) is 0 Å². The van der Waals surface area contributed by atoms with Crippen LogP contribution in [-0.2, 0) is 14.0 Å². The van der Waals surface area contributed by atoms with E-state index < -0.39 is 7.32 Å². The lowest BCUT2D eigenvalue weighted by Gasteiger charge is -2.37. The van der Waals surface area contributed by atoms with E-state index in [4.69, 9.17) is 14.0 Å². The molecule has 1 aliphatic rings. The molecule has 1 unspecified atom stereocenters.